The lowest BCUT2D eigenvalue weighted by Crippen LogP contribution is -2.60. The summed E-state index contributed by atoms with van der Waals surface area (Å²) in [5.74, 6) is -0.688. The monoisotopic (exact) mass is 242 g/mol. The summed E-state index contributed by atoms with van der Waals surface area (Å²) in [5.41, 5.74) is 5.42. The van der Waals surface area contributed by atoms with Gasteiger partial charge in [0.2, 0.25) is 5.91 Å². The van der Waals surface area contributed by atoms with Crippen LogP contribution in [0.15, 0.2) is 5.16 Å². The Morgan fingerprint density at radius 2 is 2.06 bits per heavy atom. The van der Waals surface area contributed by atoms with E-state index in [4.69, 9.17) is 10.9 Å². The van der Waals surface area contributed by atoms with Gasteiger partial charge in [0.25, 0.3) is 0 Å². The van der Waals surface area contributed by atoms with Crippen molar-refractivity contribution in [1.29, 1.82) is 0 Å². The van der Waals surface area contributed by atoms with Crippen molar-refractivity contribution in [3.8, 4) is 0 Å². The maximum Gasteiger partial charge on any atom is 0.233 e. The molecule has 1 fully saturated rings. The lowest BCUT2D eigenvalue weighted by atomic mass is 9.98. The van der Waals surface area contributed by atoms with Crippen molar-refractivity contribution in [3.63, 3.8) is 0 Å². The molecule has 0 aromatic rings. The zero-order valence-corrected chi connectivity index (χ0v) is 11.0. The number of hydrogen-bond acceptors (Lipinski definition) is 4. The largest absolute Gasteiger partial charge is 0.409 e. The van der Waals surface area contributed by atoms with Crippen molar-refractivity contribution >= 4 is 11.7 Å². The fraction of sp³-hybridized carbons (Fsp3) is 0.818. The first-order valence-electron chi connectivity index (χ1n) is 5.77. The molecule has 0 radical (unpaired) electrons. The number of carbonyl (C=O) groups excluding carboxylic acids is 1. The summed E-state index contributed by atoms with van der Waals surface area (Å²) < 4.78 is 0. The van der Waals surface area contributed by atoms with E-state index in [1.807, 2.05) is 0 Å². The lowest BCUT2D eigenvalue weighted by Gasteiger charge is -2.45. The fourth-order valence-corrected chi connectivity index (χ4v) is 1.92. The summed E-state index contributed by atoms with van der Waals surface area (Å²) in [7, 11) is 2.05. The molecule has 0 aromatic carbocycles. The third-order valence-electron chi connectivity index (χ3n) is 3.56. The van der Waals surface area contributed by atoms with E-state index in [2.05, 4.69) is 31.0 Å². The number of amidine groups is 1. The van der Waals surface area contributed by atoms with Gasteiger partial charge in [-0.2, -0.15) is 0 Å². The zero-order chi connectivity index (χ0) is 13.2. The second-order valence-electron chi connectivity index (χ2n) is 5.24. The van der Waals surface area contributed by atoms with E-state index in [9.17, 15) is 4.79 Å². The van der Waals surface area contributed by atoms with E-state index in [-0.39, 0.29) is 17.3 Å². The van der Waals surface area contributed by atoms with Gasteiger partial charge in [0.05, 0.1) is 5.92 Å². The molecule has 0 aliphatic carbocycles. The predicted octanol–water partition coefficient (Wildman–Crippen LogP) is -0.0785. The molecule has 1 amide bonds. The Morgan fingerprint density at radius 3 is 2.53 bits per heavy atom. The van der Waals surface area contributed by atoms with Crippen molar-refractivity contribution in [2.45, 2.75) is 26.3 Å². The van der Waals surface area contributed by atoms with Crippen LogP contribution in [0.2, 0.25) is 0 Å². The van der Waals surface area contributed by atoms with E-state index in [1.165, 1.54) is 0 Å². The molecule has 98 valence electrons. The fourth-order valence-electron chi connectivity index (χ4n) is 1.92. The number of hydrogen-bond donors (Lipinski definition) is 2. The molecule has 17 heavy (non-hydrogen) atoms. The minimum atomic E-state index is -0.570. The summed E-state index contributed by atoms with van der Waals surface area (Å²) >= 11 is 0. The molecule has 1 unspecified atom stereocenters. The first kappa shape index (κ1) is 13.8. The van der Waals surface area contributed by atoms with Crippen LogP contribution in [-0.4, -0.2) is 59.0 Å². The summed E-state index contributed by atoms with van der Waals surface area (Å²) in [6, 6.07) is 0. The SMILES string of the molecule is CC(C(=O)N1CCN(C)C(C)(C)C1)C(N)=NO. The van der Waals surface area contributed by atoms with Crippen molar-refractivity contribution in [3.05, 3.63) is 0 Å². The number of carbonyl (C=O) groups is 1. The Kier molecular flexibility index (Phi) is 3.98. The Hall–Kier alpha value is -1.30. The third-order valence-corrected chi connectivity index (χ3v) is 3.56. The molecule has 3 N–H and O–H groups in total. The van der Waals surface area contributed by atoms with Crippen LogP contribution in [0.3, 0.4) is 0 Å². The van der Waals surface area contributed by atoms with Crippen LogP contribution in [0, 0.1) is 5.92 Å². The topological polar surface area (TPSA) is 82.2 Å². The number of likely N-dealkylation sites (N-methyl/N-ethyl adjacent to an activating group) is 1. The quantitative estimate of drug-likeness (QED) is 0.307. The molecule has 0 aromatic heterocycles. The minimum Gasteiger partial charge on any atom is -0.409 e. The summed E-state index contributed by atoms with van der Waals surface area (Å²) in [5, 5.41) is 11.5. The molecule has 1 atom stereocenters. The van der Waals surface area contributed by atoms with Gasteiger partial charge in [-0.3, -0.25) is 9.69 Å². The van der Waals surface area contributed by atoms with Crippen molar-refractivity contribution in [2.75, 3.05) is 26.7 Å². The molecule has 0 saturated carbocycles. The molecular formula is C11H22N4O2. The van der Waals surface area contributed by atoms with Crippen LogP contribution in [0.4, 0.5) is 0 Å². The molecule has 1 aliphatic heterocycles. The van der Waals surface area contributed by atoms with E-state index < -0.39 is 5.92 Å². The molecule has 1 rings (SSSR count). The molecule has 0 spiro atoms. The third kappa shape index (κ3) is 2.88. The Labute approximate surface area is 102 Å². The van der Waals surface area contributed by atoms with Crippen LogP contribution >= 0.6 is 0 Å². The number of rotatable bonds is 2. The van der Waals surface area contributed by atoms with Crippen molar-refractivity contribution in [1.82, 2.24) is 9.80 Å². The van der Waals surface area contributed by atoms with E-state index in [0.717, 1.165) is 6.54 Å². The maximum atomic E-state index is 12.1. The number of nitrogens with two attached hydrogens (primary N) is 1. The maximum absolute atomic E-state index is 12.1. The second kappa shape index (κ2) is 4.91. The van der Waals surface area contributed by atoms with Crippen LogP contribution in [0.25, 0.3) is 0 Å². The van der Waals surface area contributed by atoms with Gasteiger partial charge in [-0.15, -0.1) is 0 Å². The average molecular weight is 242 g/mol. The molecule has 1 heterocycles. The molecule has 6 heteroatoms. The van der Waals surface area contributed by atoms with Crippen LogP contribution in [0.1, 0.15) is 20.8 Å². The summed E-state index contributed by atoms with van der Waals surface area (Å²) in [4.78, 5) is 16.1. The summed E-state index contributed by atoms with van der Waals surface area (Å²) in [6.45, 7) is 8.03. The summed E-state index contributed by atoms with van der Waals surface area (Å²) in [6.07, 6.45) is 0. The molecule has 0 bridgehead atoms. The van der Waals surface area contributed by atoms with Gasteiger partial charge in [0.1, 0.15) is 0 Å². The normalized spacial score (nSPS) is 23.5. The number of piperazine rings is 1. The molecule has 1 aliphatic rings. The van der Waals surface area contributed by atoms with Crippen LogP contribution in [0.5, 0.6) is 0 Å². The second-order valence-corrected chi connectivity index (χ2v) is 5.24. The van der Waals surface area contributed by atoms with Gasteiger partial charge in [0, 0.05) is 25.2 Å². The number of amides is 1. The predicted molar refractivity (Wildman–Crippen MR) is 65.9 cm³/mol. The van der Waals surface area contributed by atoms with E-state index in [0.29, 0.717) is 13.1 Å². The zero-order valence-electron chi connectivity index (χ0n) is 11.0. The first-order valence-corrected chi connectivity index (χ1v) is 5.77. The van der Waals surface area contributed by atoms with Gasteiger partial charge >= 0.3 is 0 Å². The highest BCUT2D eigenvalue weighted by Gasteiger charge is 2.35. The highest BCUT2D eigenvalue weighted by atomic mass is 16.4. The first-order chi connectivity index (χ1) is 7.79. The van der Waals surface area contributed by atoms with Gasteiger partial charge in [-0.05, 0) is 27.8 Å². The number of oxime groups is 1. The van der Waals surface area contributed by atoms with Crippen LogP contribution in [-0.2, 0) is 4.79 Å². The van der Waals surface area contributed by atoms with Crippen molar-refractivity contribution < 1.29 is 10.0 Å². The Balaban J connectivity index is 2.72. The standard InChI is InChI=1S/C11H22N4O2/c1-8(9(12)13-17)10(16)15-6-5-14(4)11(2,3)7-15/h8,17H,5-7H2,1-4H3,(H2,12,13). The van der Waals surface area contributed by atoms with Crippen molar-refractivity contribution in [2.24, 2.45) is 16.8 Å². The van der Waals surface area contributed by atoms with Gasteiger partial charge < -0.3 is 15.8 Å². The van der Waals surface area contributed by atoms with Crippen LogP contribution < -0.4 is 5.73 Å². The van der Waals surface area contributed by atoms with Gasteiger partial charge in [-0.25, -0.2) is 0 Å². The molecular weight excluding hydrogens is 220 g/mol. The highest BCUT2D eigenvalue weighted by molar-refractivity contribution is 6.01. The van der Waals surface area contributed by atoms with E-state index >= 15 is 0 Å². The molecule has 1 saturated heterocycles. The highest BCUT2D eigenvalue weighted by Crippen LogP contribution is 2.20. The van der Waals surface area contributed by atoms with Gasteiger partial charge in [0.15, 0.2) is 5.84 Å². The smallest absolute Gasteiger partial charge is 0.233 e. The Morgan fingerprint density at radius 1 is 1.47 bits per heavy atom. The Bertz CT molecular complexity index is 327. The average Bonchev–Trinajstić information content (AvgIpc) is 2.29. The molecule has 6 nitrogen and oxygen atoms in total. The van der Waals surface area contributed by atoms with E-state index in [1.54, 1.807) is 11.8 Å². The lowest BCUT2D eigenvalue weighted by molar-refractivity contribution is -0.137. The van der Waals surface area contributed by atoms with Gasteiger partial charge in [-0.1, -0.05) is 5.16 Å². The minimum absolute atomic E-state index is 0.0354. The number of nitrogens with zero attached hydrogens (tertiary/aromatic N) is 3.